The van der Waals surface area contributed by atoms with Crippen molar-refractivity contribution in [1.82, 2.24) is 0 Å². The molecule has 1 aliphatic carbocycles. The fourth-order valence-electron chi connectivity index (χ4n) is 4.88. The molecule has 2 nitrogen and oxygen atoms in total. The molecule has 0 amide bonds. The number of carbonyl (C=O) groups is 2. The lowest BCUT2D eigenvalue weighted by Gasteiger charge is -2.18. The number of halogens is 1. The van der Waals surface area contributed by atoms with E-state index in [-0.39, 0.29) is 24.0 Å². The molecule has 190 valence electrons. The van der Waals surface area contributed by atoms with E-state index in [9.17, 15) is 9.59 Å². The molecule has 0 heterocycles. The zero-order valence-electron chi connectivity index (χ0n) is 22.4. The second-order valence-corrected chi connectivity index (χ2v) is 10.9. The highest BCUT2D eigenvalue weighted by atomic mass is 35.5. The highest BCUT2D eigenvalue weighted by Crippen LogP contribution is 2.29. The number of fused-ring (bicyclic) bond motifs is 1. The lowest BCUT2D eigenvalue weighted by molar-refractivity contribution is 0.0973. The molecule has 0 spiro atoms. The van der Waals surface area contributed by atoms with E-state index >= 15 is 0 Å². The van der Waals surface area contributed by atoms with Gasteiger partial charge in [-0.1, -0.05) is 109 Å². The number of hydrogen-bond donors (Lipinski definition) is 0. The Labute approximate surface area is 215 Å². The lowest BCUT2D eigenvalue weighted by Crippen LogP contribution is -2.20. The summed E-state index contributed by atoms with van der Waals surface area (Å²) in [7, 11) is 0. The number of allylic oxidation sites excluding steroid dienone is 4. The van der Waals surface area contributed by atoms with Crippen molar-refractivity contribution in [3.8, 4) is 0 Å². The second-order valence-electron chi connectivity index (χ2n) is 10.9. The number of hydrogen-bond acceptors (Lipinski definition) is 2. The summed E-state index contributed by atoms with van der Waals surface area (Å²) in [6, 6.07) is 7.18. The Kier molecular flexibility index (Phi) is 13.7. The summed E-state index contributed by atoms with van der Waals surface area (Å²) in [6.07, 6.45) is 14.4. The van der Waals surface area contributed by atoms with Gasteiger partial charge in [0.15, 0.2) is 11.6 Å². The van der Waals surface area contributed by atoms with Crippen LogP contribution in [0.4, 0.5) is 0 Å². The average molecular weight is 487 g/mol. The smallest absolute Gasteiger partial charge is 0.190 e. The summed E-state index contributed by atoms with van der Waals surface area (Å²) in [6.45, 7) is 13.4. The zero-order valence-corrected chi connectivity index (χ0v) is 23.2. The monoisotopic (exact) mass is 486 g/mol. The van der Waals surface area contributed by atoms with Gasteiger partial charge in [-0.2, -0.15) is 0 Å². The third kappa shape index (κ3) is 9.53. The minimum Gasteiger partial charge on any atom is -0.289 e. The van der Waals surface area contributed by atoms with Crippen molar-refractivity contribution in [2.45, 2.75) is 106 Å². The first kappa shape index (κ1) is 30.4. The molecule has 0 radical (unpaired) electrons. The van der Waals surface area contributed by atoms with Gasteiger partial charge in [0.2, 0.25) is 0 Å². The molecule has 0 aliphatic heterocycles. The Balaban J connectivity index is 0.00000578. The van der Waals surface area contributed by atoms with Gasteiger partial charge < -0.3 is 0 Å². The average Bonchev–Trinajstić information content (AvgIpc) is 2.77. The summed E-state index contributed by atoms with van der Waals surface area (Å²) >= 11 is 0. The second kappa shape index (κ2) is 15.4. The molecular formula is C31H47ClO2. The first-order valence-electron chi connectivity index (χ1n) is 13.2. The molecule has 1 aliphatic rings. The third-order valence-corrected chi connectivity index (χ3v) is 7.28. The fraction of sp³-hybridized carbons (Fsp3) is 0.613. The number of benzene rings is 1. The minimum atomic E-state index is -0.00526. The maximum atomic E-state index is 12.9. The third-order valence-electron chi connectivity index (χ3n) is 7.28. The standard InChI is InChI=1S/C31H46O2.ClH/c1-22(2)12-9-13-23(3)14-10-15-24(4)16-11-17-25(5)20-21-27-26(6)30(32)28-18-7-8-19-29(28)31(27)33;/h7-8,18-20,22-24H,9-17,21H2,1-6H3;1H. The number of ketones is 2. The summed E-state index contributed by atoms with van der Waals surface area (Å²) in [5.41, 5.74) is 3.68. The van der Waals surface area contributed by atoms with E-state index in [0.29, 0.717) is 28.7 Å². The Morgan fingerprint density at radius 2 is 1.29 bits per heavy atom. The molecule has 1 aromatic carbocycles. The van der Waals surface area contributed by atoms with E-state index in [1.54, 1.807) is 19.1 Å². The van der Waals surface area contributed by atoms with Gasteiger partial charge in [-0.3, -0.25) is 9.59 Å². The molecular weight excluding hydrogens is 440 g/mol. The first-order valence-corrected chi connectivity index (χ1v) is 13.2. The van der Waals surface area contributed by atoms with E-state index in [1.807, 2.05) is 12.1 Å². The van der Waals surface area contributed by atoms with Crippen molar-refractivity contribution in [2.24, 2.45) is 17.8 Å². The van der Waals surface area contributed by atoms with Crippen LogP contribution in [0.1, 0.15) is 126 Å². The van der Waals surface area contributed by atoms with Crippen LogP contribution in [0.25, 0.3) is 0 Å². The Bertz CT molecular complexity index is 862. The van der Waals surface area contributed by atoms with E-state index < -0.39 is 0 Å². The molecule has 0 saturated carbocycles. The number of rotatable bonds is 14. The molecule has 0 saturated heterocycles. The topological polar surface area (TPSA) is 34.1 Å². The van der Waals surface area contributed by atoms with Crippen LogP contribution in [0, 0.1) is 17.8 Å². The SMILES string of the molecule is CC(=CCC1=C(C)C(=O)c2ccccc2C1=O)CCCC(C)CCCC(C)CCCC(C)C.Cl. The highest BCUT2D eigenvalue weighted by molar-refractivity contribution is 6.26. The van der Waals surface area contributed by atoms with Gasteiger partial charge in [0.1, 0.15) is 0 Å². The molecule has 0 bridgehead atoms. The summed E-state index contributed by atoms with van der Waals surface area (Å²) in [4.78, 5) is 25.5. The van der Waals surface area contributed by atoms with Gasteiger partial charge in [-0.15, -0.1) is 12.4 Å². The molecule has 0 N–H and O–H groups in total. The van der Waals surface area contributed by atoms with Crippen LogP contribution >= 0.6 is 12.4 Å². The quantitative estimate of drug-likeness (QED) is 0.245. The van der Waals surface area contributed by atoms with Crippen LogP contribution in [-0.4, -0.2) is 11.6 Å². The van der Waals surface area contributed by atoms with Crippen molar-refractivity contribution < 1.29 is 9.59 Å². The maximum Gasteiger partial charge on any atom is 0.190 e. The molecule has 3 heteroatoms. The first-order chi connectivity index (χ1) is 15.7. The number of carbonyl (C=O) groups excluding carboxylic acids is 2. The fourth-order valence-corrected chi connectivity index (χ4v) is 4.88. The largest absolute Gasteiger partial charge is 0.289 e. The molecule has 2 rings (SSSR count). The molecule has 34 heavy (non-hydrogen) atoms. The highest BCUT2D eigenvalue weighted by Gasteiger charge is 2.28. The van der Waals surface area contributed by atoms with E-state index in [1.165, 1.54) is 56.9 Å². The normalized spacial score (nSPS) is 15.9. The van der Waals surface area contributed by atoms with Gasteiger partial charge in [0.25, 0.3) is 0 Å². The van der Waals surface area contributed by atoms with Gasteiger partial charge in [-0.25, -0.2) is 0 Å². The summed E-state index contributed by atoms with van der Waals surface area (Å²) in [5, 5.41) is 0. The van der Waals surface area contributed by atoms with Crippen molar-refractivity contribution in [2.75, 3.05) is 0 Å². The molecule has 2 unspecified atom stereocenters. The van der Waals surface area contributed by atoms with Crippen molar-refractivity contribution in [3.63, 3.8) is 0 Å². The zero-order chi connectivity index (χ0) is 24.4. The molecule has 2 atom stereocenters. The Morgan fingerprint density at radius 1 is 0.794 bits per heavy atom. The maximum absolute atomic E-state index is 12.9. The predicted octanol–water partition coefficient (Wildman–Crippen LogP) is 9.58. The van der Waals surface area contributed by atoms with Crippen LogP contribution in [0.5, 0.6) is 0 Å². The van der Waals surface area contributed by atoms with Crippen LogP contribution in [0.15, 0.2) is 47.1 Å². The van der Waals surface area contributed by atoms with Gasteiger partial charge in [0.05, 0.1) is 0 Å². The van der Waals surface area contributed by atoms with Gasteiger partial charge >= 0.3 is 0 Å². The van der Waals surface area contributed by atoms with Gasteiger partial charge in [0, 0.05) is 22.3 Å². The number of Topliss-reactive ketones (excluding diaryl/α,β-unsaturated/α-hetero) is 2. The van der Waals surface area contributed by atoms with Gasteiger partial charge in [-0.05, 0) is 50.9 Å². The molecule has 0 aromatic heterocycles. The molecule has 1 aromatic rings. The van der Waals surface area contributed by atoms with Crippen LogP contribution in [0.3, 0.4) is 0 Å². The van der Waals surface area contributed by atoms with Crippen molar-refractivity contribution >= 4 is 24.0 Å². The molecule has 0 fully saturated rings. The van der Waals surface area contributed by atoms with Crippen molar-refractivity contribution in [1.29, 1.82) is 0 Å². The minimum absolute atomic E-state index is 0. The van der Waals surface area contributed by atoms with E-state index in [4.69, 9.17) is 0 Å². The predicted molar refractivity (Wildman–Crippen MR) is 148 cm³/mol. The van der Waals surface area contributed by atoms with E-state index in [0.717, 1.165) is 24.2 Å². The van der Waals surface area contributed by atoms with E-state index in [2.05, 4.69) is 40.7 Å². The van der Waals surface area contributed by atoms with Crippen molar-refractivity contribution in [3.05, 3.63) is 58.2 Å². The van der Waals surface area contributed by atoms with Crippen LogP contribution in [-0.2, 0) is 0 Å². The Morgan fingerprint density at radius 3 is 1.85 bits per heavy atom. The Hall–Kier alpha value is -1.67. The van der Waals surface area contributed by atoms with Crippen LogP contribution < -0.4 is 0 Å². The van der Waals surface area contributed by atoms with Crippen LogP contribution in [0.2, 0.25) is 0 Å². The summed E-state index contributed by atoms with van der Waals surface area (Å²) < 4.78 is 0. The summed E-state index contributed by atoms with van der Waals surface area (Å²) in [5.74, 6) is 2.48. The lowest BCUT2D eigenvalue weighted by atomic mass is 9.83.